The number of benzene rings is 2. The van der Waals surface area contributed by atoms with Gasteiger partial charge in [0.15, 0.2) is 5.16 Å². The zero-order valence-electron chi connectivity index (χ0n) is 16.2. The van der Waals surface area contributed by atoms with Crippen LogP contribution in [0, 0.1) is 6.92 Å². The number of hydrogen-bond donors (Lipinski definition) is 0. The molecule has 1 aliphatic rings. The minimum absolute atomic E-state index is 0.159. The van der Waals surface area contributed by atoms with Crippen molar-refractivity contribution in [1.29, 1.82) is 0 Å². The predicted octanol–water partition coefficient (Wildman–Crippen LogP) is 3.70. The highest BCUT2D eigenvalue weighted by Gasteiger charge is 2.26. The molecule has 28 heavy (non-hydrogen) atoms. The molecule has 2 aromatic carbocycles. The van der Waals surface area contributed by atoms with Crippen molar-refractivity contribution in [3.63, 3.8) is 0 Å². The number of amides is 1. The molecule has 0 unspecified atom stereocenters. The second kappa shape index (κ2) is 8.19. The standard InChI is InChI=1S/C22H24N4OS/c1-16(21(27)25-13-12-19-10-6-7-11-20(19)15-25)28-22-24-23-17(2)26(22)14-18-8-4-3-5-9-18/h3-11,16H,12-15H2,1-2H3/t16-/m0/s1. The Bertz CT molecular complexity index is 970. The first-order chi connectivity index (χ1) is 13.6. The quantitative estimate of drug-likeness (QED) is 0.621. The minimum atomic E-state index is -0.205. The molecule has 0 spiro atoms. The van der Waals surface area contributed by atoms with Crippen molar-refractivity contribution in [1.82, 2.24) is 19.7 Å². The third-order valence-corrected chi connectivity index (χ3v) is 6.23. The highest BCUT2D eigenvalue weighted by molar-refractivity contribution is 8.00. The molecule has 0 fully saturated rings. The number of rotatable bonds is 5. The topological polar surface area (TPSA) is 51.0 Å². The first-order valence-corrected chi connectivity index (χ1v) is 10.5. The van der Waals surface area contributed by atoms with Crippen molar-refractivity contribution in [2.75, 3.05) is 6.54 Å². The summed E-state index contributed by atoms with van der Waals surface area (Å²) in [5.74, 6) is 1.02. The van der Waals surface area contributed by atoms with E-state index >= 15 is 0 Å². The fourth-order valence-corrected chi connectivity index (χ4v) is 4.52. The molecule has 5 nitrogen and oxygen atoms in total. The molecule has 0 N–H and O–H groups in total. The summed E-state index contributed by atoms with van der Waals surface area (Å²) in [6.45, 7) is 6.09. The zero-order chi connectivity index (χ0) is 19.5. The van der Waals surface area contributed by atoms with Gasteiger partial charge in [-0.2, -0.15) is 0 Å². The van der Waals surface area contributed by atoms with Crippen LogP contribution in [0.3, 0.4) is 0 Å². The van der Waals surface area contributed by atoms with Crippen molar-refractivity contribution in [2.45, 2.75) is 43.8 Å². The molecule has 0 aliphatic carbocycles. The summed E-state index contributed by atoms with van der Waals surface area (Å²) in [7, 11) is 0. The van der Waals surface area contributed by atoms with Gasteiger partial charge in [0.2, 0.25) is 5.91 Å². The van der Waals surface area contributed by atoms with E-state index in [1.807, 2.05) is 43.0 Å². The smallest absolute Gasteiger partial charge is 0.236 e. The molecular weight excluding hydrogens is 368 g/mol. The lowest BCUT2D eigenvalue weighted by atomic mass is 10.00. The lowest BCUT2D eigenvalue weighted by molar-refractivity contribution is -0.131. The molecule has 1 aliphatic heterocycles. The Hall–Kier alpha value is -2.60. The van der Waals surface area contributed by atoms with E-state index in [1.54, 1.807) is 0 Å². The lowest BCUT2D eigenvalue weighted by Crippen LogP contribution is -2.40. The van der Waals surface area contributed by atoms with Crippen LogP contribution < -0.4 is 0 Å². The first-order valence-electron chi connectivity index (χ1n) is 9.58. The summed E-state index contributed by atoms with van der Waals surface area (Å²) >= 11 is 1.49. The van der Waals surface area contributed by atoms with Gasteiger partial charge in [-0.25, -0.2) is 0 Å². The van der Waals surface area contributed by atoms with E-state index < -0.39 is 0 Å². The molecule has 0 bridgehead atoms. The lowest BCUT2D eigenvalue weighted by Gasteiger charge is -2.30. The largest absolute Gasteiger partial charge is 0.337 e. The monoisotopic (exact) mass is 392 g/mol. The molecule has 3 aromatic rings. The van der Waals surface area contributed by atoms with E-state index in [0.29, 0.717) is 13.1 Å². The second-order valence-corrected chi connectivity index (χ2v) is 8.45. The van der Waals surface area contributed by atoms with Crippen LogP contribution in [0.25, 0.3) is 0 Å². The van der Waals surface area contributed by atoms with Gasteiger partial charge in [-0.15, -0.1) is 10.2 Å². The third kappa shape index (κ3) is 3.97. The molecule has 144 valence electrons. The van der Waals surface area contributed by atoms with E-state index in [9.17, 15) is 4.79 Å². The van der Waals surface area contributed by atoms with Crippen LogP contribution in [0.15, 0.2) is 59.8 Å². The zero-order valence-corrected chi connectivity index (χ0v) is 17.0. The Balaban J connectivity index is 1.45. The fraction of sp³-hybridized carbons (Fsp3) is 0.318. The molecule has 1 aromatic heterocycles. The first kappa shape index (κ1) is 18.7. The van der Waals surface area contributed by atoms with Crippen LogP contribution in [0.4, 0.5) is 0 Å². The number of nitrogens with zero attached hydrogens (tertiary/aromatic N) is 4. The van der Waals surface area contributed by atoms with E-state index in [1.165, 1.54) is 28.5 Å². The van der Waals surface area contributed by atoms with Gasteiger partial charge in [-0.1, -0.05) is 66.4 Å². The average molecular weight is 393 g/mol. The van der Waals surface area contributed by atoms with Gasteiger partial charge in [0.25, 0.3) is 0 Å². The Morgan fingerprint density at radius 2 is 1.79 bits per heavy atom. The Morgan fingerprint density at radius 1 is 1.07 bits per heavy atom. The van der Waals surface area contributed by atoms with Gasteiger partial charge in [0.1, 0.15) is 5.82 Å². The van der Waals surface area contributed by atoms with E-state index in [0.717, 1.165) is 23.9 Å². The molecule has 0 saturated carbocycles. The highest BCUT2D eigenvalue weighted by atomic mass is 32.2. The molecule has 4 rings (SSSR count). The van der Waals surface area contributed by atoms with Crippen LogP contribution in [-0.2, 0) is 24.3 Å². The van der Waals surface area contributed by atoms with Gasteiger partial charge in [0, 0.05) is 13.1 Å². The number of carbonyl (C=O) groups is 1. The molecular formula is C22H24N4OS. The summed E-state index contributed by atoms with van der Waals surface area (Å²) in [4.78, 5) is 15.0. The third-order valence-electron chi connectivity index (χ3n) is 5.16. The molecule has 0 saturated heterocycles. The van der Waals surface area contributed by atoms with Crippen molar-refractivity contribution in [2.24, 2.45) is 0 Å². The predicted molar refractivity (Wildman–Crippen MR) is 111 cm³/mol. The normalized spacial score (nSPS) is 14.6. The number of fused-ring (bicyclic) bond motifs is 1. The van der Waals surface area contributed by atoms with Crippen LogP contribution in [0.2, 0.25) is 0 Å². The van der Waals surface area contributed by atoms with Crippen LogP contribution in [-0.4, -0.2) is 37.4 Å². The summed E-state index contributed by atoms with van der Waals surface area (Å²) in [6.07, 6.45) is 0.919. The maximum absolute atomic E-state index is 13.0. The van der Waals surface area contributed by atoms with Crippen LogP contribution >= 0.6 is 11.8 Å². The van der Waals surface area contributed by atoms with E-state index in [2.05, 4.69) is 45.1 Å². The van der Waals surface area contributed by atoms with E-state index in [-0.39, 0.29) is 11.2 Å². The van der Waals surface area contributed by atoms with Gasteiger partial charge in [-0.05, 0) is 37.0 Å². The van der Waals surface area contributed by atoms with Crippen molar-refractivity contribution in [3.05, 3.63) is 77.1 Å². The van der Waals surface area contributed by atoms with Gasteiger partial charge < -0.3 is 9.47 Å². The average Bonchev–Trinajstić information content (AvgIpc) is 3.07. The number of thioether (sulfide) groups is 1. The van der Waals surface area contributed by atoms with Crippen LogP contribution in [0.5, 0.6) is 0 Å². The van der Waals surface area contributed by atoms with Gasteiger partial charge >= 0.3 is 0 Å². The maximum atomic E-state index is 13.0. The molecule has 0 radical (unpaired) electrons. The van der Waals surface area contributed by atoms with Gasteiger partial charge in [0.05, 0.1) is 11.8 Å². The van der Waals surface area contributed by atoms with Crippen LogP contribution in [0.1, 0.15) is 29.4 Å². The Labute approximate surface area is 169 Å². The number of carbonyl (C=O) groups excluding carboxylic acids is 1. The van der Waals surface area contributed by atoms with Crippen molar-refractivity contribution in [3.8, 4) is 0 Å². The number of aromatic nitrogens is 3. The Kier molecular flexibility index (Phi) is 5.48. The Morgan fingerprint density at radius 3 is 2.57 bits per heavy atom. The van der Waals surface area contributed by atoms with Crippen molar-refractivity contribution < 1.29 is 4.79 Å². The summed E-state index contributed by atoms with van der Waals surface area (Å²) in [5.41, 5.74) is 3.80. The highest BCUT2D eigenvalue weighted by Crippen LogP contribution is 2.27. The summed E-state index contributed by atoms with van der Waals surface area (Å²) < 4.78 is 2.08. The maximum Gasteiger partial charge on any atom is 0.236 e. The summed E-state index contributed by atoms with van der Waals surface area (Å²) in [5, 5.41) is 9.14. The fourth-order valence-electron chi connectivity index (χ4n) is 3.55. The molecule has 1 amide bonds. The second-order valence-electron chi connectivity index (χ2n) is 7.14. The SMILES string of the molecule is Cc1nnc(S[C@@H](C)C(=O)N2CCc3ccccc3C2)n1Cc1ccccc1. The molecule has 6 heteroatoms. The molecule has 1 atom stereocenters. The summed E-state index contributed by atoms with van der Waals surface area (Å²) in [6, 6.07) is 18.6. The van der Waals surface area contributed by atoms with E-state index in [4.69, 9.17) is 0 Å². The van der Waals surface area contributed by atoms with Gasteiger partial charge in [-0.3, -0.25) is 4.79 Å². The molecule has 2 heterocycles. The number of aryl methyl sites for hydroxylation is 1. The number of hydrogen-bond acceptors (Lipinski definition) is 4. The van der Waals surface area contributed by atoms with Crippen molar-refractivity contribution >= 4 is 17.7 Å². The minimum Gasteiger partial charge on any atom is -0.337 e.